The van der Waals surface area contributed by atoms with Crippen LogP contribution in [0.25, 0.3) is 0 Å². The lowest BCUT2D eigenvalue weighted by atomic mass is 9.75. The minimum Gasteiger partial charge on any atom is -0.465 e. The summed E-state index contributed by atoms with van der Waals surface area (Å²) in [6, 6.07) is 8.26. The molecule has 1 spiro atoms. The zero-order valence-electron chi connectivity index (χ0n) is 17.2. The van der Waals surface area contributed by atoms with Crippen LogP contribution >= 0.6 is 12.6 Å². The number of rotatable bonds is 3. The normalized spacial score (nSPS) is 19.4. The van der Waals surface area contributed by atoms with Crippen molar-refractivity contribution in [2.45, 2.75) is 36.5 Å². The molecule has 172 valence electrons. The number of hydrogen-bond donors (Lipinski definition) is 1. The van der Waals surface area contributed by atoms with Crippen LogP contribution in [0.15, 0.2) is 36.4 Å². The Bertz CT molecular complexity index is 1190. The Hall–Kier alpha value is -3.26. The van der Waals surface area contributed by atoms with Crippen molar-refractivity contribution in [3.63, 3.8) is 0 Å². The number of thiol groups is 1. The van der Waals surface area contributed by atoms with Crippen LogP contribution in [0.2, 0.25) is 0 Å². The molecule has 1 atom stereocenters. The lowest BCUT2D eigenvalue weighted by Gasteiger charge is -2.44. The van der Waals surface area contributed by atoms with Gasteiger partial charge in [0.15, 0.2) is 5.50 Å². The minimum absolute atomic E-state index is 0.0771. The molecule has 1 aliphatic heterocycles. The number of nitrogens with zero attached hydrogens (tertiary/aromatic N) is 3. The molecule has 2 aromatic rings. The maximum atomic E-state index is 14.6. The van der Waals surface area contributed by atoms with Crippen molar-refractivity contribution < 1.29 is 31.9 Å². The van der Waals surface area contributed by atoms with Crippen LogP contribution in [0.4, 0.5) is 28.9 Å². The highest BCUT2D eigenvalue weighted by Gasteiger charge is 2.60. The molecule has 0 aromatic heterocycles. The fraction of sp³-hybridized carbons (Fsp3) is 0.318. The van der Waals surface area contributed by atoms with E-state index in [1.807, 2.05) is 0 Å². The molecule has 1 unspecified atom stereocenters. The van der Waals surface area contributed by atoms with Crippen molar-refractivity contribution in [3.8, 4) is 6.07 Å². The highest BCUT2D eigenvalue weighted by atomic mass is 32.1. The van der Waals surface area contributed by atoms with Crippen molar-refractivity contribution in [3.05, 3.63) is 58.9 Å². The van der Waals surface area contributed by atoms with E-state index in [2.05, 4.69) is 17.4 Å². The number of nitriles is 1. The van der Waals surface area contributed by atoms with Crippen LogP contribution in [-0.2, 0) is 15.7 Å². The molecule has 2 aromatic carbocycles. The van der Waals surface area contributed by atoms with Crippen LogP contribution in [0, 0.1) is 17.1 Å². The Morgan fingerprint density at radius 2 is 1.88 bits per heavy atom. The third-order valence-electron chi connectivity index (χ3n) is 6.06. The Balaban J connectivity index is 1.79. The number of benzene rings is 2. The zero-order valence-corrected chi connectivity index (χ0v) is 18.1. The molecule has 1 aliphatic carbocycles. The molecule has 0 N–H and O–H groups in total. The van der Waals surface area contributed by atoms with Crippen molar-refractivity contribution in [1.82, 2.24) is 0 Å². The lowest BCUT2D eigenvalue weighted by molar-refractivity contribution is -0.137. The smallest absolute Gasteiger partial charge is 0.417 e. The van der Waals surface area contributed by atoms with E-state index in [9.17, 15) is 27.2 Å². The highest BCUT2D eigenvalue weighted by Crippen LogP contribution is 2.50. The SMILES string of the molecule is COC(=O)c1ccc(N2C(S)N(c3ccc(C#N)c(C(F)(F)F)c3)C(=O)C23CCC3)cc1F. The van der Waals surface area contributed by atoms with Crippen molar-refractivity contribution in [2.75, 3.05) is 16.9 Å². The summed E-state index contributed by atoms with van der Waals surface area (Å²) < 4.78 is 59.6. The second-order valence-electron chi connectivity index (χ2n) is 7.77. The van der Waals surface area contributed by atoms with Gasteiger partial charge in [-0.05, 0) is 55.7 Å². The number of esters is 1. The minimum atomic E-state index is -4.80. The first-order valence-corrected chi connectivity index (χ1v) is 10.4. The number of methoxy groups -OCH3 is 1. The monoisotopic (exact) mass is 479 g/mol. The third kappa shape index (κ3) is 3.49. The summed E-state index contributed by atoms with van der Waals surface area (Å²) in [4.78, 5) is 27.8. The Labute approximate surface area is 191 Å². The Morgan fingerprint density at radius 3 is 2.39 bits per heavy atom. The molecular weight excluding hydrogens is 462 g/mol. The van der Waals surface area contributed by atoms with E-state index in [-0.39, 0.29) is 16.9 Å². The summed E-state index contributed by atoms with van der Waals surface area (Å²) in [5, 5.41) is 9.05. The summed E-state index contributed by atoms with van der Waals surface area (Å²) in [5.74, 6) is -2.20. The third-order valence-corrected chi connectivity index (χ3v) is 6.53. The summed E-state index contributed by atoms with van der Waals surface area (Å²) in [5.41, 5.74) is -3.99. The van der Waals surface area contributed by atoms with Gasteiger partial charge >= 0.3 is 12.1 Å². The molecule has 1 saturated heterocycles. The van der Waals surface area contributed by atoms with Gasteiger partial charge in [0.2, 0.25) is 0 Å². The van der Waals surface area contributed by atoms with E-state index >= 15 is 0 Å². The average Bonchev–Trinajstić information content (AvgIpc) is 2.98. The number of carbonyl (C=O) groups excluding carboxylic acids is 2. The van der Waals surface area contributed by atoms with E-state index < -0.39 is 46.0 Å². The van der Waals surface area contributed by atoms with Gasteiger partial charge in [-0.1, -0.05) is 0 Å². The van der Waals surface area contributed by atoms with Gasteiger partial charge in [0.1, 0.15) is 11.4 Å². The van der Waals surface area contributed by atoms with E-state index in [4.69, 9.17) is 5.26 Å². The zero-order chi connectivity index (χ0) is 24.1. The van der Waals surface area contributed by atoms with Crippen molar-refractivity contribution >= 4 is 35.9 Å². The van der Waals surface area contributed by atoms with Crippen LogP contribution in [0.1, 0.15) is 40.7 Å². The van der Waals surface area contributed by atoms with E-state index in [0.29, 0.717) is 19.3 Å². The second-order valence-corrected chi connectivity index (χ2v) is 8.23. The average molecular weight is 479 g/mol. The van der Waals surface area contributed by atoms with Crippen molar-refractivity contribution in [1.29, 1.82) is 5.26 Å². The van der Waals surface area contributed by atoms with Crippen LogP contribution < -0.4 is 9.80 Å². The van der Waals surface area contributed by atoms with Gasteiger partial charge in [-0.3, -0.25) is 9.69 Å². The number of halogens is 4. The predicted octanol–water partition coefficient (Wildman–Crippen LogP) is 4.49. The molecule has 2 fully saturated rings. The summed E-state index contributed by atoms with van der Waals surface area (Å²) in [6.45, 7) is 0. The molecule has 2 aliphatic rings. The van der Waals surface area contributed by atoms with Crippen LogP contribution in [0.3, 0.4) is 0 Å². The highest BCUT2D eigenvalue weighted by molar-refractivity contribution is 7.81. The van der Waals surface area contributed by atoms with Crippen LogP contribution in [-0.4, -0.2) is 30.0 Å². The molecular formula is C22H17F4N3O3S. The Morgan fingerprint density at radius 1 is 1.21 bits per heavy atom. The molecule has 1 heterocycles. The summed E-state index contributed by atoms with van der Waals surface area (Å²) >= 11 is 4.51. The topological polar surface area (TPSA) is 73.6 Å². The molecule has 0 radical (unpaired) electrons. The molecule has 1 amide bonds. The number of alkyl halides is 3. The van der Waals surface area contributed by atoms with Gasteiger partial charge in [-0.2, -0.15) is 18.4 Å². The van der Waals surface area contributed by atoms with E-state index in [0.717, 1.165) is 30.2 Å². The second kappa shape index (κ2) is 7.95. The number of ether oxygens (including phenoxy) is 1. The summed E-state index contributed by atoms with van der Waals surface area (Å²) in [6.07, 6.45) is -3.29. The van der Waals surface area contributed by atoms with Gasteiger partial charge in [0.05, 0.1) is 29.9 Å². The predicted molar refractivity (Wildman–Crippen MR) is 113 cm³/mol. The first-order chi connectivity index (χ1) is 15.5. The van der Waals surface area contributed by atoms with Crippen LogP contribution in [0.5, 0.6) is 0 Å². The lowest BCUT2D eigenvalue weighted by Crippen LogP contribution is -2.55. The van der Waals surface area contributed by atoms with E-state index in [1.54, 1.807) is 4.90 Å². The quantitative estimate of drug-likeness (QED) is 0.399. The number of carbonyl (C=O) groups is 2. The fourth-order valence-corrected chi connectivity index (χ4v) is 4.90. The molecule has 4 rings (SSSR count). The van der Waals surface area contributed by atoms with Gasteiger partial charge < -0.3 is 9.64 Å². The summed E-state index contributed by atoms with van der Waals surface area (Å²) in [7, 11) is 1.12. The number of hydrogen-bond acceptors (Lipinski definition) is 6. The molecule has 0 bridgehead atoms. The molecule has 1 saturated carbocycles. The maximum absolute atomic E-state index is 14.6. The molecule has 33 heavy (non-hydrogen) atoms. The number of amides is 1. The fourth-order valence-electron chi connectivity index (χ4n) is 4.31. The van der Waals surface area contributed by atoms with Gasteiger partial charge in [-0.25, -0.2) is 9.18 Å². The van der Waals surface area contributed by atoms with Gasteiger partial charge in [0, 0.05) is 11.4 Å². The first-order valence-electron chi connectivity index (χ1n) is 9.85. The first kappa shape index (κ1) is 22.9. The standard InChI is InChI=1S/C22H17F4N3O3S/c1-32-18(30)15-6-5-14(10-17(15)23)29-20(33)28(19(31)21(29)7-2-8-21)13-4-3-12(11-27)16(9-13)22(24,25)26/h3-6,9-10,20,33H,2,7-8H2,1H3. The maximum Gasteiger partial charge on any atom is 0.417 e. The Kier molecular flexibility index (Phi) is 5.52. The molecule has 6 nitrogen and oxygen atoms in total. The molecule has 11 heteroatoms. The van der Waals surface area contributed by atoms with E-state index in [1.165, 1.54) is 24.3 Å². The number of anilines is 2. The largest absolute Gasteiger partial charge is 0.465 e. The van der Waals surface area contributed by atoms with Gasteiger partial charge in [-0.15, -0.1) is 12.6 Å². The van der Waals surface area contributed by atoms with Crippen molar-refractivity contribution in [2.24, 2.45) is 0 Å². The van der Waals surface area contributed by atoms with Gasteiger partial charge in [0.25, 0.3) is 5.91 Å².